The summed E-state index contributed by atoms with van der Waals surface area (Å²) in [4.78, 5) is 0. The number of hydrogen-bond acceptors (Lipinski definition) is 2. The van der Waals surface area contributed by atoms with Crippen LogP contribution in [0.2, 0.25) is 0 Å². The molecule has 1 aliphatic carbocycles. The number of nitrogens with zero attached hydrogens (tertiary/aromatic N) is 2. The zero-order valence-electron chi connectivity index (χ0n) is 30.6. The molecule has 0 bridgehead atoms. The van der Waals surface area contributed by atoms with Gasteiger partial charge in [-0.2, -0.15) is 0 Å². The summed E-state index contributed by atoms with van der Waals surface area (Å²) in [5, 5.41) is 3.61. The number of benzene rings is 6. The average Bonchev–Trinajstić information content (AvgIpc) is 3.85. The first kappa shape index (κ1) is 31.4. The third-order valence-electron chi connectivity index (χ3n) is 12.2. The summed E-state index contributed by atoms with van der Waals surface area (Å²) in [7, 11) is -0.434. The van der Waals surface area contributed by atoms with E-state index in [4.69, 9.17) is 9.31 Å². The quantitative estimate of drug-likeness (QED) is 0.174. The monoisotopic (exact) mass is 676 g/mol. The zero-order chi connectivity index (χ0) is 35.6. The lowest BCUT2D eigenvalue weighted by molar-refractivity contribution is 0.00578. The second-order valence-corrected chi connectivity index (χ2v) is 16.1. The topological polar surface area (TPSA) is 28.3 Å². The van der Waals surface area contributed by atoms with Crippen LogP contribution in [0.3, 0.4) is 0 Å². The van der Waals surface area contributed by atoms with Crippen molar-refractivity contribution in [1.29, 1.82) is 0 Å². The molecule has 6 aromatic carbocycles. The molecule has 1 saturated heterocycles. The predicted molar refractivity (Wildman–Crippen MR) is 216 cm³/mol. The zero-order valence-corrected chi connectivity index (χ0v) is 30.6. The number of hydrogen-bond donors (Lipinski definition) is 0. The fourth-order valence-electron chi connectivity index (χ4n) is 8.64. The van der Waals surface area contributed by atoms with E-state index in [0.717, 1.165) is 22.4 Å². The van der Waals surface area contributed by atoms with E-state index in [1.54, 1.807) is 0 Å². The van der Waals surface area contributed by atoms with Crippen LogP contribution in [0.15, 0.2) is 140 Å². The van der Waals surface area contributed by atoms with Gasteiger partial charge >= 0.3 is 7.12 Å². The van der Waals surface area contributed by atoms with Gasteiger partial charge in [0.1, 0.15) is 0 Å². The molecule has 1 aliphatic heterocycles. The van der Waals surface area contributed by atoms with E-state index < -0.39 is 18.3 Å². The molecule has 0 unspecified atom stereocenters. The summed E-state index contributed by atoms with van der Waals surface area (Å²) in [5.41, 5.74) is 13.8. The highest BCUT2D eigenvalue weighted by atomic mass is 16.7. The minimum absolute atomic E-state index is 0.102. The maximum atomic E-state index is 6.53. The third-order valence-corrected chi connectivity index (χ3v) is 12.2. The highest BCUT2D eigenvalue weighted by molar-refractivity contribution is 6.62. The van der Waals surface area contributed by atoms with Gasteiger partial charge in [0.05, 0.1) is 27.8 Å². The molecule has 2 aliphatic rings. The Bertz CT molecular complexity index is 2700. The lowest BCUT2D eigenvalue weighted by Crippen LogP contribution is -2.41. The molecule has 0 saturated carbocycles. The van der Waals surface area contributed by atoms with E-state index in [1.165, 1.54) is 60.6 Å². The SMILES string of the molecule is CC1(C)c2ccccc2-c2ccc(-n3c4ccc(B5OC(C)(C)C(C)(C)O5)cc4c4ccc5c(ccn5-c5ccc(-c6ccccc6)cc5)c43)cc21. The van der Waals surface area contributed by atoms with E-state index in [1.807, 2.05) is 0 Å². The molecule has 0 amide bonds. The van der Waals surface area contributed by atoms with Gasteiger partial charge in [0.25, 0.3) is 0 Å². The lowest BCUT2D eigenvalue weighted by atomic mass is 9.78. The Labute approximate surface area is 305 Å². The first-order valence-corrected chi connectivity index (χ1v) is 18.4. The van der Waals surface area contributed by atoms with E-state index in [2.05, 4.69) is 190 Å². The van der Waals surface area contributed by atoms with Gasteiger partial charge in [-0.05, 0) is 109 Å². The van der Waals surface area contributed by atoms with Crippen LogP contribution in [0.1, 0.15) is 52.7 Å². The molecule has 10 rings (SSSR count). The highest BCUT2D eigenvalue weighted by Crippen LogP contribution is 2.50. The molecule has 4 nitrogen and oxygen atoms in total. The van der Waals surface area contributed by atoms with Crippen LogP contribution < -0.4 is 5.46 Å². The summed E-state index contributed by atoms with van der Waals surface area (Å²) >= 11 is 0. The summed E-state index contributed by atoms with van der Waals surface area (Å²) < 4.78 is 17.9. The minimum atomic E-state index is -0.434. The van der Waals surface area contributed by atoms with E-state index in [-0.39, 0.29) is 5.41 Å². The standard InChI is InChI=1S/C47H41BN2O2/c1-45(2)40-15-11-10-14-35(40)36-22-21-34(29-41(36)45)50-43-24-18-32(48-51-46(3,4)47(5,6)52-48)28-39(43)37-23-25-42-38(44(37)50)26-27-49(42)33-19-16-31(17-20-33)30-12-8-7-9-13-30/h7-29H,1-6H3. The molecule has 0 radical (unpaired) electrons. The Morgan fingerprint density at radius 2 is 1.15 bits per heavy atom. The van der Waals surface area contributed by atoms with Crippen molar-refractivity contribution in [1.82, 2.24) is 9.13 Å². The fraction of sp³-hybridized carbons (Fsp3) is 0.191. The van der Waals surface area contributed by atoms with Crippen molar-refractivity contribution in [2.75, 3.05) is 0 Å². The van der Waals surface area contributed by atoms with Crippen molar-refractivity contribution >= 4 is 45.3 Å². The maximum Gasteiger partial charge on any atom is 0.494 e. The lowest BCUT2D eigenvalue weighted by Gasteiger charge is -2.32. The van der Waals surface area contributed by atoms with Crippen LogP contribution >= 0.6 is 0 Å². The molecule has 3 heterocycles. The predicted octanol–water partition coefficient (Wildman–Crippen LogP) is 11.0. The maximum absolute atomic E-state index is 6.53. The second kappa shape index (κ2) is 10.8. The van der Waals surface area contributed by atoms with Gasteiger partial charge in [-0.25, -0.2) is 0 Å². The molecule has 2 aromatic heterocycles. The largest absolute Gasteiger partial charge is 0.494 e. The molecule has 0 spiro atoms. The number of rotatable bonds is 4. The summed E-state index contributed by atoms with van der Waals surface area (Å²) in [5.74, 6) is 0. The molecule has 0 N–H and O–H groups in total. The number of aromatic nitrogens is 2. The van der Waals surface area contributed by atoms with Gasteiger partial charge in [-0.3, -0.25) is 0 Å². The van der Waals surface area contributed by atoms with Gasteiger partial charge in [0.2, 0.25) is 0 Å². The van der Waals surface area contributed by atoms with Crippen LogP contribution in [0.25, 0.3) is 66.3 Å². The van der Waals surface area contributed by atoms with Crippen molar-refractivity contribution in [3.8, 4) is 33.6 Å². The molecule has 0 atom stereocenters. The summed E-state index contributed by atoms with van der Waals surface area (Å²) in [6.07, 6.45) is 2.21. The Balaban J connectivity index is 1.18. The van der Waals surface area contributed by atoms with Gasteiger partial charge < -0.3 is 18.4 Å². The van der Waals surface area contributed by atoms with Crippen LogP contribution in [-0.4, -0.2) is 27.5 Å². The average molecular weight is 677 g/mol. The molecule has 1 fully saturated rings. The Morgan fingerprint density at radius 1 is 0.500 bits per heavy atom. The first-order chi connectivity index (χ1) is 25.0. The van der Waals surface area contributed by atoms with Crippen LogP contribution in [0.4, 0.5) is 0 Å². The molecular formula is C47H41BN2O2. The Hall–Kier alpha value is -5.36. The van der Waals surface area contributed by atoms with Gasteiger partial charge in [-0.1, -0.05) is 105 Å². The van der Waals surface area contributed by atoms with Crippen molar-refractivity contribution in [3.63, 3.8) is 0 Å². The van der Waals surface area contributed by atoms with Gasteiger partial charge in [0.15, 0.2) is 0 Å². The van der Waals surface area contributed by atoms with Gasteiger partial charge in [-0.15, -0.1) is 0 Å². The van der Waals surface area contributed by atoms with Crippen molar-refractivity contribution in [3.05, 3.63) is 151 Å². The highest BCUT2D eigenvalue weighted by Gasteiger charge is 2.51. The summed E-state index contributed by atoms with van der Waals surface area (Å²) in [6.45, 7) is 13.2. The molecule has 254 valence electrons. The van der Waals surface area contributed by atoms with Crippen molar-refractivity contribution < 1.29 is 9.31 Å². The minimum Gasteiger partial charge on any atom is -0.399 e. The van der Waals surface area contributed by atoms with E-state index in [0.29, 0.717) is 0 Å². The Morgan fingerprint density at radius 3 is 1.92 bits per heavy atom. The number of fused-ring (bicyclic) bond motifs is 8. The van der Waals surface area contributed by atoms with Crippen molar-refractivity contribution in [2.45, 2.75) is 58.2 Å². The normalized spacial score (nSPS) is 16.9. The van der Waals surface area contributed by atoms with Crippen LogP contribution in [0.5, 0.6) is 0 Å². The Kier molecular flexibility index (Phi) is 6.54. The second-order valence-electron chi connectivity index (χ2n) is 16.1. The molecule has 8 aromatic rings. The smallest absolute Gasteiger partial charge is 0.399 e. The third kappa shape index (κ3) is 4.42. The van der Waals surface area contributed by atoms with E-state index >= 15 is 0 Å². The van der Waals surface area contributed by atoms with E-state index in [9.17, 15) is 0 Å². The van der Waals surface area contributed by atoms with Gasteiger partial charge in [0, 0.05) is 39.1 Å². The van der Waals surface area contributed by atoms with Crippen LogP contribution in [-0.2, 0) is 14.7 Å². The van der Waals surface area contributed by atoms with Crippen molar-refractivity contribution in [2.24, 2.45) is 0 Å². The fourth-order valence-corrected chi connectivity index (χ4v) is 8.64. The molecule has 52 heavy (non-hydrogen) atoms. The first-order valence-electron chi connectivity index (χ1n) is 18.4. The summed E-state index contributed by atoms with van der Waals surface area (Å²) in [6, 6.07) is 48.9. The molecule has 5 heteroatoms. The molecular weight excluding hydrogens is 635 g/mol. The van der Waals surface area contributed by atoms with Crippen LogP contribution in [0, 0.1) is 0 Å².